The molecule has 2 aromatic rings. The number of fused-ring (bicyclic) bond motifs is 1. The van der Waals surface area contributed by atoms with E-state index in [4.69, 9.17) is 12.2 Å². The van der Waals surface area contributed by atoms with Crippen LogP contribution in [0.25, 0.3) is 0 Å². The number of pyridine rings is 1. The van der Waals surface area contributed by atoms with E-state index >= 15 is 0 Å². The van der Waals surface area contributed by atoms with E-state index in [2.05, 4.69) is 28.9 Å². The number of thiocarbonyl (C=S) groups is 1. The second-order valence-corrected chi connectivity index (χ2v) is 8.28. The lowest BCUT2D eigenvalue weighted by Gasteiger charge is -2.17. The second-order valence-electron chi connectivity index (χ2n) is 5.55. The van der Waals surface area contributed by atoms with Gasteiger partial charge in [-0.1, -0.05) is 53.9 Å². The van der Waals surface area contributed by atoms with Crippen LogP contribution >= 0.6 is 35.7 Å². The highest BCUT2D eigenvalue weighted by molar-refractivity contribution is 8.27. The minimum absolute atomic E-state index is 0.126. The number of nitrogens with zero attached hydrogens (tertiary/aromatic N) is 3. The van der Waals surface area contributed by atoms with E-state index in [1.54, 1.807) is 24.0 Å². The van der Waals surface area contributed by atoms with E-state index in [0.29, 0.717) is 15.0 Å². The smallest absolute Gasteiger partial charge is 0.271 e. The molecule has 0 radical (unpaired) electrons. The van der Waals surface area contributed by atoms with Crippen LogP contribution in [0.1, 0.15) is 6.92 Å². The van der Waals surface area contributed by atoms with Crippen molar-refractivity contribution < 1.29 is 4.79 Å². The Balaban J connectivity index is 1.61. The third kappa shape index (κ3) is 3.06. The van der Waals surface area contributed by atoms with Crippen LogP contribution in [0.4, 0.5) is 11.5 Å². The molecule has 4 nitrogen and oxygen atoms in total. The van der Waals surface area contributed by atoms with Gasteiger partial charge in [0.15, 0.2) is 4.32 Å². The van der Waals surface area contributed by atoms with E-state index in [0.717, 1.165) is 11.6 Å². The summed E-state index contributed by atoms with van der Waals surface area (Å²) in [6.45, 7) is 3.00. The number of allylic oxidation sites excluding steroid dienone is 2. The summed E-state index contributed by atoms with van der Waals surface area (Å²) in [6, 6.07) is 13.8. The molecule has 2 aliphatic heterocycles. The minimum Gasteiger partial charge on any atom is -0.335 e. The first-order valence-corrected chi connectivity index (χ1v) is 10.2. The molecule has 130 valence electrons. The van der Waals surface area contributed by atoms with E-state index in [-0.39, 0.29) is 5.91 Å². The fourth-order valence-electron chi connectivity index (χ4n) is 2.82. The molecule has 0 aliphatic carbocycles. The zero-order valence-corrected chi connectivity index (χ0v) is 16.4. The van der Waals surface area contributed by atoms with Crippen molar-refractivity contribution in [3.05, 3.63) is 70.7 Å². The normalized spacial score (nSPS) is 19.7. The van der Waals surface area contributed by atoms with Crippen LogP contribution in [0.2, 0.25) is 0 Å². The van der Waals surface area contributed by atoms with Gasteiger partial charge >= 0.3 is 0 Å². The molecule has 0 spiro atoms. The minimum atomic E-state index is -0.126. The Morgan fingerprint density at radius 2 is 1.92 bits per heavy atom. The van der Waals surface area contributed by atoms with Crippen LogP contribution in [0.5, 0.6) is 0 Å². The third-order valence-electron chi connectivity index (χ3n) is 4.00. The molecule has 1 aromatic carbocycles. The van der Waals surface area contributed by atoms with E-state index in [9.17, 15) is 4.79 Å². The molecule has 7 heteroatoms. The maximum atomic E-state index is 12.8. The highest BCUT2D eigenvalue weighted by Crippen LogP contribution is 2.45. The van der Waals surface area contributed by atoms with Crippen LogP contribution in [-0.4, -0.2) is 21.8 Å². The van der Waals surface area contributed by atoms with Crippen LogP contribution in [0, 0.1) is 0 Å². The summed E-state index contributed by atoms with van der Waals surface area (Å²) in [4.78, 5) is 22.6. The van der Waals surface area contributed by atoms with Crippen molar-refractivity contribution in [3.63, 3.8) is 0 Å². The number of anilines is 2. The maximum absolute atomic E-state index is 12.8. The summed E-state index contributed by atoms with van der Waals surface area (Å²) >= 11 is 8.40. The van der Waals surface area contributed by atoms with Crippen LogP contribution in [0.15, 0.2) is 75.6 Å². The van der Waals surface area contributed by atoms with Gasteiger partial charge in [-0.05, 0) is 43.3 Å². The maximum Gasteiger partial charge on any atom is 0.271 e. The number of amides is 1. The quantitative estimate of drug-likeness (QED) is 0.547. The number of carbonyl (C=O) groups excluding carboxylic acids is 1. The van der Waals surface area contributed by atoms with Crippen molar-refractivity contribution in [2.75, 3.05) is 16.3 Å². The van der Waals surface area contributed by atoms with Gasteiger partial charge in [0, 0.05) is 17.6 Å². The van der Waals surface area contributed by atoms with Crippen LogP contribution in [0.3, 0.4) is 0 Å². The lowest BCUT2D eigenvalue weighted by molar-refractivity contribution is -0.113. The fourth-order valence-corrected chi connectivity index (χ4v) is 5.16. The SMILES string of the molecule is CCN1/C(=C\C=C2\SC(=S)N(c3ccccn3)C2=O)Sc2ccccc21. The largest absolute Gasteiger partial charge is 0.335 e. The monoisotopic (exact) mass is 397 g/mol. The van der Waals surface area contributed by atoms with E-state index in [1.165, 1.54) is 27.2 Å². The van der Waals surface area contributed by atoms with Gasteiger partial charge in [0.05, 0.1) is 15.6 Å². The molecule has 4 rings (SSSR count). The average molecular weight is 398 g/mol. The number of hydrogen-bond donors (Lipinski definition) is 0. The molecule has 0 atom stereocenters. The van der Waals surface area contributed by atoms with Gasteiger partial charge in [0.1, 0.15) is 5.82 Å². The number of benzene rings is 1. The first-order valence-electron chi connectivity index (χ1n) is 8.12. The van der Waals surface area contributed by atoms with Crippen molar-refractivity contribution in [3.8, 4) is 0 Å². The van der Waals surface area contributed by atoms with Crippen molar-refractivity contribution in [2.24, 2.45) is 0 Å². The molecule has 0 unspecified atom stereocenters. The number of aromatic nitrogens is 1. The van der Waals surface area contributed by atoms with Gasteiger partial charge in [-0.25, -0.2) is 9.88 Å². The Hall–Kier alpha value is -2.09. The standard InChI is InChI=1S/C19H15N3OS3/c1-2-21-13-7-3-4-8-14(13)25-17(21)11-10-15-18(23)22(19(24)26-15)16-9-5-6-12-20-16/h3-12H,2H2,1H3/b15-10+,17-11+. The number of para-hydroxylation sites is 1. The Morgan fingerprint density at radius 3 is 2.69 bits per heavy atom. The summed E-state index contributed by atoms with van der Waals surface area (Å²) in [7, 11) is 0. The zero-order chi connectivity index (χ0) is 18.1. The average Bonchev–Trinajstić information content (AvgIpc) is 3.16. The Bertz CT molecular complexity index is 940. The molecule has 1 saturated heterocycles. The lowest BCUT2D eigenvalue weighted by atomic mass is 10.3. The van der Waals surface area contributed by atoms with Gasteiger partial charge in [-0.2, -0.15) is 0 Å². The molecule has 0 bridgehead atoms. The molecule has 3 heterocycles. The van der Waals surface area contributed by atoms with Crippen molar-refractivity contribution in [1.82, 2.24) is 4.98 Å². The van der Waals surface area contributed by atoms with E-state index < -0.39 is 0 Å². The molecule has 26 heavy (non-hydrogen) atoms. The Kier molecular flexibility index (Phi) is 4.84. The van der Waals surface area contributed by atoms with Crippen LogP contribution < -0.4 is 9.80 Å². The fraction of sp³-hybridized carbons (Fsp3) is 0.105. The van der Waals surface area contributed by atoms with Gasteiger partial charge in [-0.3, -0.25) is 4.79 Å². The van der Waals surface area contributed by atoms with Gasteiger partial charge in [-0.15, -0.1) is 0 Å². The summed E-state index contributed by atoms with van der Waals surface area (Å²) in [6.07, 6.45) is 5.52. The topological polar surface area (TPSA) is 36.4 Å². The van der Waals surface area contributed by atoms with Crippen molar-refractivity contribution in [1.29, 1.82) is 0 Å². The first-order chi connectivity index (χ1) is 12.7. The highest BCUT2D eigenvalue weighted by Gasteiger charge is 2.34. The summed E-state index contributed by atoms with van der Waals surface area (Å²) in [5.41, 5.74) is 1.21. The predicted molar refractivity (Wildman–Crippen MR) is 113 cm³/mol. The van der Waals surface area contributed by atoms with Gasteiger partial charge in [0.25, 0.3) is 5.91 Å². The molecular weight excluding hydrogens is 382 g/mol. The number of hydrogen-bond acceptors (Lipinski definition) is 6. The Morgan fingerprint density at radius 1 is 1.12 bits per heavy atom. The van der Waals surface area contributed by atoms with Crippen LogP contribution in [-0.2, 0) is 4.79 Å². The molecule has 0 N–H and O–H groups in total. The van der Waals surface area contributed by atoms with E-state index in [1.807, 2.05) is 36.4 Å². The summed E-state index contributed by atoms with van der Waals surface area (Å²) < 4.78 is 0.507. The lowest BCUT2D eigenvalue weighted by Crippen LogP contribution is -2.28. The summed E-state index contributed by atoms with van der Waals surface area (Å²) in [5.74, 6) is 0.433. The molecule has 1 aromatic heterocycles. The van der Waals surface area contributed by atoms with Crippen molar-refractivity contribution in [2.45, 2.75) is 11.8 Å². The molecule has 0 saturated carbocycles. The number of rotatable bonds is 3. The number of thioether (sulfide) groups is 2. The third-order valence-corrected chi connectivity index (χ3v) is 6.45. The highest BCUT2D eigenvalue weighted by atomic mass is 32.2. The van der Waals surface area contributed by atoms with Crippen molar-refractivity contribution >= 4 is 57.5 Å². The van der Waals surface area contributed by atoms with Gasteiger partial charge < -0.3 is 4.90 Å². The molecule has 1 fully saturated rings. The molecule has 1 amide bonds. The zero-order valence-electron chi connectivity index (χ0n) is 14.0. The van der Waals surface area contributed by atoms with Gasteiger partial charge in [0.2, 0.25) is 0 Å². The number of carbonyl (C=O) groups is 1. The summed E-state index contributed by atoms with van der Waals surface area (Å²) in [5, 5.41) is 1.11. The first kappa shape index (κ1) is 17.3. The predicted octanol–water partition coefficient (Wildman–Crippen LogP) is 4.80. The Labute approximate surface area is 166 Å². The molecular formula is C19H15N3OS3. The second kappa shape index (κ2) is 7.26. The molecule has 2 aliphatic rings.